The van der Waals surface area contributed by atoms with Gasteiger partial charge in [0.25, 0.3) is 5.91 Å². The summed E-state index contributed by atoms with van der Waals surface area (Å²) >= 11 is 6.20. The van der Waals surface area contributed by atoms with Crippen LogP contribution in [0.4, 0.5) is 11.4 Å². The summed E-state index contributed by atoms with van der Waals surface area (Å²) in [4.78, 5) is 25.6. The number of ether oxygens (including phenoxy) is 3. The van der Waals surface area contributed by atoms with E-state index in [9.17, 15) is 18.0 Å². The van der Waals surface area contributed by atoms with Crippen molar-refractivity contribution in [1.29, 1.82) is 0 Å². The highest BCUT2D eigenvalue weighted by Crippen LogP contribution is 2.41. The fraction of sp³-hybridized carbons (Fsp3) is 0.333. The maximum atomic E-state index is 12.9. The van der Waals surface area contributed by atoms with E-state index in [2.05, 4.69) is 5.32 Å². The van der Waals surface area contributed by atoms with Gasteiger partial charge in [0.1, 0.15) is 0 Å². The van der Waals surface area contributed by atoms with Crippen LogP contribution in [0.15, 0.2) is 30.3 Å². The van der Waals surface area contributed by atoms with E-state index in [0.717, 1.165) is 0 Å². The molecule has 0 radical (unpaired) electrons. The Kier molecular flexibility index (Phi) is 6.30. The van der Waals surface area contributed by atoms with Crippen LogP contribution in [0, 0.1) is 5.41 Å². The second-order valence-electron chi connectivity index (χ2n) is 7.74. The predicted octanol–water partition coefficient (Wildman–Crippen LogP) is 3.32. The van der Waals surface area contributed by atoms with E-state index < -0.39 is 27.3 Å². The molecule has 0 aromatic heterocycles. The minimum absolute atomic E-state index is 0.0314. The van der Waals surface area contributed by atoms with Crippen LogP contribution in [0.1, 0.15) is 24.2 Å². The number of amides is 2. The second kappa shape index (κ2) is 8.51. The Labute approximate surface area is 191 Å². The van der Waals surface area contributed by atoms with Crippen LogP contribution >= 0.6 is 11.6 Å². The molecule has 1 heterocycles. The molecule has 2 aromatic carbocycles. The molecule has 0 aliphatic carbocycles. The fourth-order valence-corrected chi connectivity index (χ4v) is 5.78. The van der Waals surface area contributed by atoms with Crippen LogP contribution < -0.4 is 23.8 Å². The Morgan fingerprint density at radius 2 is 1.66 bits per heavy atom. The number of anilines is 2. The molecule has 2 aromatic rings. The summed E-state index contributed by atoms with van der Waals surface area (Å²) in [7, 11) is 0.431. The van der Waals surface area contributed by atoms with E-state index in [0.29, 0.717) is 27.2 Å². The van der Waals surface area contributed by atoms with Gasteiger partial charge >= 0.3 is 0 Å². The lowest BCUT2D eigenvalue weighted by molar-refractivity contribution is -0.123. The van der Waals surface area contributed by atoms with Gasteiger partial charge in [0.05, 0.1) is 43.2 Å². The molecular formula is C21H23ClN2O7S. The Hall–Kier alpha value is -2.98. The molecule has 1 aliphatic rings. The summed E-state index contributed by atoms with van der Waals surface area (Å²) in [5, 5.41) is 2.73. The first kappa shape index (κ1) is 23.7. The van der Waals surface area contributed by atoms with E-state index in [-0.39, 0.29) is 22.0 Å². The molecule has 9 nitrogen and oxygen atoms in total. The van der Waals surface area contributed by atoms with Crippen LogP contribution in [0.3, 0.4) is 0 Å². The Bertz CT molecular complexity index is 1170. The van der Waals surface area contributed by atoms with Crippen molar-refractivity contribution in [3.8, 4) is 17.2 Å². The van der Waals surface area contributed by atoms with Gasteiger partial charge in [0.2, 0.25) is 21.7 Å². The standard InChI is InChI=1S/C21H23ClN2O7S/c1-21(2)11-32(27,28)24(20(21)26)15-8-12(6-7-14(15)22)19(25)23-13-9-16(29-3)18(31-5)17(10-13)30-4/h6-10H,11H2,1-5H3,(H,23,25). The molecule has 11 heteroatoms. The van der Waals surface area contributed by atoms with Gasteiger partial charge in [-0.1, -0.05) is 11.6 Å². The molecule has 0 spiro atoms. The Balaban J connectivity index is 1.98. The molecule has 1 fully saturated rings. The van der Waals surface area contributed by atoms with Crippen LogP contribution in [0.2, 0.25) is 5.02 Å². The molecule has 0 bridgehead atoms. The van der Waals surface area contributed by atoms with Crippen molar-refractivity contribution in [3.05, 3.63) is 40.9 Å². The molecule has 3 rings (SSSR count). The average Bonchev–Trinajstić information content (AvgIpc) is 2.89. The number of nitrogens with zero attached hydrogens (tertiary/aromatic N) is 1. The van der Waals surface area contributed by atoms with Gasteiger partial charge in [0, 0.05) is 23.4 Å². The third kappa shape index (κ3) is 4.20. The zero-order valence-corrected chi connectivity index (χ0v) is 19.8. The van der Waals surface area contributed by atoms with E-state index >= 15 is 0 Å². The summed E-state index contributed by atoms with van der Waals surface area (Å²) in [5.41, 5.74) is -0.714. The maximum Gasteiger partial charge on any atom is 0.255 e. The van der Waals surface area contributed by atoms with Crippen molar-refractivity contribution in [2.24, 2.45) is 5.41 Å². The van der Waals surface area contributed by atoms with Crippen molar-refractivity contribution < 1.29 is 32.2 Å². The lowest BCUT2D eigenvalue weighted by atomic mass is 9.95. The molecule has 1 N–H and O–H groups in total. The average molecular weight is 483 g/mol. The second-order valence-corrected chi connectivity index (χ2v) is 9.97. The summed E-state index contributed by atoms with van der Waals surface area (Å²) in [5.74, 6) is -0.467. The monoisotopic (exact) mass is 482 g/mol. The number of hydrogen-bond acceptors (Lipinski definition) is 7. The highest BCUT2D eigenvalue weighted by atomic mass is 35.5. The van der Waals surface area contributed by atoms with Crippen LogP contribution in [-0.2, 0) is 14.8 Å². The van der Waals surface area contributed by atoms with Gasteiger partial charge in [-0.3, -0.25) is 9.59 Å². The van der Waals surface area contributed by atoms with Crippen molar-refractivity contribution in [1.82, 2.24) is 0 Å². The van der Waals surface area contributed by atoms with E-state index in [1.165, 1.54) is 39.5 Å². The van der Waals surface area contributed by atoms with Crippen molar-refractivity contribution in [2.45, 2.75) is 13.8 Å². The predicted molar refractivity (Wildman–Crippen MR) is 121 cm³/mol. The first-order valence-corrected chi connectivity index (χ1v) is 11.4. The van der Waals surface area contributed by atoms with Crippen molar-refractivity contribution in [3.63, 3.8) is 0 Å². The molecule has 2 amide bonds. The number of hydrogen-bond donors (Lipinski definition) is 1. The largest absolute Gasteiger partial charge is 0.493 e. The molecular weight excluding hydrogens is 460 g/mol. The normalized spacial score (nSPS) is 16.6. The van der Waals surface area contributed by atoms with Gasteiger partial charge in [-0.2, -0.15) is 0 Å². The number of carbonyl (C=O) groups excluding carboxylic acids is 2. The molecule has 32 heavy (non-hydrogen) atoms. The van der Waals surface area contributed by atoms with E-state index in [1.807, 2.05) is 0 Å². The number of nitrogens with one attached hydrogen (secondary N) is 1. The Morgan fingerprint density at radius 3 is 2.12 bits per heavy atom. The molecule has 1 saturated heterocycles. The molecule has 0 unspecified atom stereocenters. The van der Waals surface area contributed by atoms with Crippen molar-refractivity contribution in [2.75, 3.05) is 36.7 Å². The Morgan fingerprint density at radius 1 is 1.06 bits per heavy atom. The molecule has 1 aliphatic heterocycles. The SMILES string of the molecule is COc1cc(NC(=O)c2ccc(Cl)c(N3C(=O)C(C)(C)CS3(=O)=O)c2)cc(OC)c1OC. The van der Waals surface area contributed by atoms with Crippen LogP contribution in [-0.4, -0.2) is 47.3 Å². The first-order valence-electron chi connectivity index (χ1n) is 9.43. The smallest absolute Gasteiger partial charge is 0.255 e. The van der Waals surface area contributed by atoms with Crippen LogP contribution in [0.5, 0.6) is 17.2 Å². The summed E-state index contributed by atoms with van der Waals surface area (Å²) < 4.78 is 41.7. The number of halogens is 1. The summed E-state index contributed by atoms with van der Waals surface area (Å²) in [6, 6.07) is 7.17. The summed E-state index contributed by atoms with van der Waals surface area (Å²) in [6.07, 6.45) is 0. The quantitative estimate of drug-likeness (QED) is 0.672. The summed E-state index contributed by atoms with van der Waals surface area (Å²) in [6.45, 7) is 3.09. The lowest BCUT2D eigenvalue weighted by Crippen LogP contribution is -2.33. The third-order valence-electron chi connectivity index (χ3n) is 4.93. The highest BCUT2D eigenvalue weighted by molar-refractivity contribution is 7.94. The van der Waals surface area contributed by atoms with Gasteiger partial charge in [-0.05, 0) is 32.0 Å². The maximum absolute atomic E-state index is 12.9. The number of rotatable bonds is 6. The minimum Gasteiger partial charge on any atom is -0.493 e. The van der Waals surface area contributed by atoms with Gasteiger partial charge in [0.15, 0.2) is 11.5 Å². The topological polar surface area (TPSA) is 111 Å². The fourth-order valence-electron chi connectivity index (χ4n) is 3.41. The molecule has 172 valence electrons. The number of sulfonamides is 1. The highest BCUT2D eigenvalue weighted by Gasteiger charge is 2.50. The lowest BCUT2D eigenvalue weighted by Gasteiger charge is -2.19. The van der Waals surface area contributed by atoms with Crippen molar-refractivity contribution >= 4 is 44.8 Å². The molecule has 0 saturated carbocycles. The van der Waals surface area contributed by atoms with Gasteiger partial charge in [-0.25, -0.2) is 12.7 Å². The van der Waals surface area contributed by atoms with Gasteiger partial charge < -0.3 is 19.5 Å². The number of methoxy groups -OCH3 is 3. The van der Waals surface area contributed by atoms with E-state index in [4.69, 9.17) is 25.8 Å². The zero-order valence-electron chi connectivity index (χ0n) is 18.2. The third-order valence-corrected chi connectivity index (χ3v) is 7.26. The van der Waals surface area contributed by atoms with E-state index in [1.54, 1.807) is 26.0 Å². The minimum atomic E-state index is -3.93. The first-order chi connectivity index (χ1) is 14.9. The number of carbonyl (C=O) groups is 2. The van der Waals surface area contributed by atoms with Crippen LogP contribution in [0.25, 0.3) is 0 Å². The zero-order chi connectivity index (χ0) is 23.8. The number of benzene rings is 2. The van der Waals surface area contributed by atoms with Gasteiger partial charge in [-0.15, -0.1) is 0 Å². The molecule has 0 atom stereocenters.